The lowest BCUT2D eigenvalue weighted by Crippen LogP contribution is -2.21. The molecule has 8 nitrogen and oxygen atoms in total. The Morgan fingerprint density at radius 3 is 2.23 bits per heavy atom. The van der Waals surface area contributed by atoms with Gasteiger partial charge in [-0.2, -0.15) is 4.98 Å². The molecule has 164 valence electrons. The van der Waals surface area contributed by atoms with Gasteiger partial charge < -0.3 is 24.4 Å². The summed E-state index contributed by atoms with van der Waals surface area (Å²) >= 11 is 6.05. The van der Waals surface area contributed by atoms with E-state index in [1.165, 1.54) is 6.33 Å². The smallest absolute Gasteiger partial charge is 0.234 e. The summed E-state index contributed by atoms with van der Waals surface area (Å²) in [6.07, 6.45) is 3.52. The molecular formula is C22H26ClN5O3. The molecule has 1 N–H and O–H groups in total. The summed E-state index contributed by atoms with van der Waals surface area (Å²) in [5, 5.41) is 3.87. The number of benzene rings is 2. The summed E-state index contributed by atoms with van der Waals surface area (Å²) < 4.78 is 16.2. The fraction of sp³-hybridized carbons (Fsp3) is 0.318. The van der Waals surface area contributed by atoms with E-state index in [0.29, 0.717) is 39.9 Å². The molecule has 3 aromatic rings. The first-order valence-electron chi connectivity index (χ1n) is 9.88. The van der Waals surface area contributed by atoms with Gasteiger partial charge in [-0.15, -0.1) is 0 Å². The van der Waals surface area contributed by atoms with E-state index < -0.39 is 0 Å². The van der Waals surface area contributed by atoms with Crippen LogP contribution in [0.4, 0.5) is 23.3 Å². The Labute approximate surface area is 187 Å². The van der Waals surface area contributed by atoms with Crippen LogP contribution >= 0.6 is 11.6 Å². The third kappa shape index (κ3) is 5.46. The fourth-order valence-electron chi connectivity index (χ4n) is 3.04. The van der Waals surface area contributed by atoms with Crippen molar-refractivity contribution in [3.8, 4) is 17.2 Å². The van der Waals surface area contributed by atoms with Crippen LogP contribution in [-0.2, 0) is 0 Å². The minimum absolute atomic E-state index is 0.398. The molecule has 31 heavy (non-hydrogen) atoms. The molecule has 9 heteroatoms. The Morgan fingerprint density at radius 2 is 1.65 bits per heavy atom. The molecule has 0 bridgehead atoms. The second-order valence-electron chi connectivity index (χ2n) is 6.63. The highest BCUT2D eigenvalue weighted by Gasteiger charge is 2.16. The number of rotatable bonds is 10. The van der Waals surface area contributed by atoms with Gasteiger partial charge in [0.05, 0.1) is 21.3 Å². The second kappa shape index (κ2) is 10.7. The molecule has 1 aromatic heterocycles. The molecule has 0 atom stereocenters. The van der Waals surface area contributed by atoms with Crippen LogP contribution in [0, 0.1) is 0 Å². The molecule has 0 fully saturated rings. The number of nitrogens with one attached hydrogen (secondary N) is 1. The van der Waals surface area contributed by atoms with Crippen LogP contribution in [0.25, 0.3) is 0 Å². The summed E-state index contributed by atoms with van der Waals surface area (Å²) in [4.78, 5) is 15.3. The van der Waals surface area contributed by atoms with E-state index in [1.54, 1.807) is 33.5 Å². The van der Waals surface area contributed by atoms with Crippen molar-refractivity contribution < 1.29 is 14.2 Å². The van der Waals surface area contributed by atoms with Gasteiger partial charge in [0, 0.05) is 35.1 Å². The molecule has 0 unspecified atom stereocenters. The molecule has 1 heterocycles. The molecule has 0 aliphatic rings. The summed E-state index contributed by atoms with van der Waals surface area (Å²) in [6, 6.07) is 11.2. The molecule has 0 amide bonds. The number of hydrogen-bond donors (Lipinski definition) is 1. The van der Waals surface area contributed by atoms with Crippen molar-refractivity contribution in [1.82, 2.24) is 15.0 Å². The Morgan fingerprint density at radius 1 is 0.968 bits per heavy atom. The largest absolute Gasteiger partial charge is 0.493 e. The quantitative estimate of drug-likeness (QED) is 0.456. The van der Waals surface area contributed by atoms with Gasteiger partial charge in [-0.05, 0) is 30.7 Å². The van der Waals surface area contributed by atoms with E-state index >= 15 is 0 Å². The minimum atomic E-state index is 0.398. The maximum atomic E-state index is 6.05. The SMILES string of the molecule is CCCCN(c1ccc(Cl)cc1)c1ncnc(Nc2cc(OC)c(OC)c(OC)c2)n1. The number of ether oxygens (including phenoxy) is 3. The van der Waals surface area contributed by atoms with Gasteiger partial charge in [-0.1, -0.05) is 24.9 Å². The van der Waals surface area contributed by atoms with Crippen molar-refractivity contribution in [2.75, 3.05) is 38.1 Å². The Hall–Kier alpha value is -3.26. The van der Waals surface area contributed by atoms with Crippen LogP contribution in [0.2, 0.25) is 5.02 Å². The Balaban J connectivity index is 1.92. The van der Waals surface area contributed by atoms with E-state index in [1.807, 2.05) is 29.2 Å². The van der Waals surface area contributed by atoms with E-state index in [4.69, 9.17) is 25.8 Å². The summed E-state index contributed by atoms with van der Waals surface area (Å²) in [6.45, 7) is 2.91. The highest BCUT2D eigenvalue weighted by molar-refractivity contribution is 6.30. The molecule has 0 aliphatic heterocycles. The third-order valence-corrected chi connectivity index (χ3v) is 4.85. The normalized spacial score (nSPS) is 10.5. The van der Waals surface area contributed by atoms with Crippen molar-refractivity contribution in [3.05, 3.63) is 47.7 Å². The van der Waals surface area contributed by atoms with E-state index in [9.17, 15) is 0 Å². The van der Waals surface area contributed by atoms with Gasteiger partial charge in [-0.3, -0.25) is 0 Å². The number of aromatic nitrogens is 3. The topological polar surface area (TPSA) is 81.6 Å². The van der Waals surface area contributed by atoms with Crippen LogP contribution in [0.15, 0.2) is 42.7 Å². The summed E-state index contributed by atoms with van der Waals surface area (Å²) in [5.41, 5.74) is 1.65. The van der Waals surface area contributed by atoms with Crippen LogP contribution in [0.3, 0.4) is 0 Å². The highest BCUT2D eigenvalue weighted by atomic mass is 35.5. The minimum Gasteiger partial charge on any atom is -0.493 e. The molecule has 0 radical (unpaired) electrons. The second-order valence-corrected chi connectivity index (χ2v) is 7.07. The average molecular weight is 444 g/mol. The van der Waals surface area contributed by atoms with E-state index in [-0.39, 0.29) is 0 Å². The van der Waals surface area contributed by atoms with Crippen LogP contribution in [-0.4, -0.2) is 42.8 Å². The predicted octanol–water partition coefficient (Wildman–Crippen LogP) is 5.23. The van der Waals surface area contributed by atoms with Crippen LogP contribution < -0.4 is 24.4 Å². The fourth-order valence-corrected chi connectivity index (χ4v) is 3.17. The molecule has 3 rings (SSSR count). The van der Waals surface area contributed by atoms with Gasteiger partial charge >= 0.3 is 0 Å². The molecule has 0 spiro atoms. The number of nitrogens with zero attached hydrogens (tertiary/aromatic N) is 4. The molecular weight excluding hydrogens is 418 g/mol. The predicted molar refractivity (Wildman–Crippen MR) is 123 cm³/mol. The summed E-state index contributed by atoms with van der Waals surface area (Å²) in [5.74, 6) is 2.52. The van der Waals surface area contributed by atoms with E-state index in [0.717, 1.165) is 25.1 Å². The maximum absolute atomic E-state index is 6.05. The zero-order valence-electron chi connectivity index (χ0n) is 18.1. The first-order valence-corrected chi connectivity index (χ1v) is 10.3. The lowest BCUT2D eigenvalue weighted by molar-refractivity contribution is 0.324. The average Bonchev–Trinajstić information content (AvgIpc) is 2.80. The van der Waals surface area contributed by atoms with Crippen molar-refractivity contribution in [2.24, 2.45) is 0 Å². The Kier molecular flexibility index (Phi) is 7.72. The first-order chi connectivity index (χ1) is 15.1. The van der Waals surface area contributed by atoms with Crippen LogP contribution in [0.1, 0.15) is 19.8 Å². The monoisotopic (exact) mass is 443 g/mol. The number of halogens is 1. The van der Waals surface area contributed by atoms with Gasteiger partial charge in [-0.25, -0.2) is 9.97 Å². The third-order valence-electron chi connectivity index (χ3n) is 4.59. The molecule has 2 aromatic carbocycles. The lowest BCUT2D eigenvalue weighted by Gasteiger charge is -2.23. The van der Waals surface area contributed by atoms with Crippen molar-refractivity contribution >= 4 is 34.9 Å². The number of methoxy groups -OCH3 is 3. The first kappa shape index (κ1) is 22.4. The number of hydrogen-bond acceptors (Lipinski definition) is 8. The molecule has 0 saturated carbocycles. The van der Waals surface area contributed by atoms with Gasteiger partial charge in [0.15, 0.2) is 11.5 Å². The van der Waals surface area contributed by atoms with Gasteiger partial charge in [0.2, 0.25) is 17.6 Å². The van der Waals surface area contributed by atoms with E-state index in [2.05, 4.69) is 27.2 Å². The lowest BCUT2D eigenvalue weighted by atomic mass is 10.2. The summed E-state index contributed by atoms with van der Waals surface area (Å²) in [7, 11) is 4.70. The number of anilines is 4. The number of unbranched alkanes of at least 4 members (excludes halogenated alkanes) is 1. The zero-order chi connectivity index (χ0) is 22.2. The van der Waals surface area contributed by atoms with Crippen LogP contribution in [0.5, 0.6) is 17.2 Å². The van der Waals surface area contributed by atoms with Crippen molar-refractivity contribution in [3.63, 3.8) is 0 Å². The zero-order valence-corrected chi connectivity index (χ0v) is 18.8. The van der Waals surface area contributed by atoms with Gasteiger partial charge in [0.25, 0.3) is 0 Å². The standard InChI is InChI=1S/C22H26ClN5O3/c1-5-6-11-28(17-9-7-15(23)8-10-17)22-25-14-24-21(27-22)26-16-12-18(29-2)20(31-4)19(13-16)30-3/h7-10,12-14H,5-6,11H2,1-4H3,(H,24,25,26,27). The van der Waals surface area contributed by atoms with Crippen molar-refractivity contribution in [1.29, 1.82) is 0 Å². The Bertz CT molecular complexity index is 976. The van der Waals surface area contributed by atoms with Gasteiger partial charge in [0.1, 0.15) is 6.33 Å². The molecule has 0 aliphatic carbocycles. The maximum Gasteiger partial charge on any atom is 0.234 e. The highest BCUT2D eigenvalue weighted by Crippen LogP contribution is 2.40. The molecule has 0 saturated heterocycles. The van der Waals surface area contributed by atoms with Crippen molar-refractivity contribution in [2.45, 2.75) is 19.8 Å².